The summed E-state index contributed by atoms with van der Waals surface area (Å²) < 4.78 is 20.8. The number of esters is 1. The molecule has 0 aliphatic carbocycles. The second-order valence-corrected chi connectivity index (χ2v) is 5.13. The Hall–Kier alpha value is -2.16. The number of methoxy groups -OCH3 is 2. The van der Waals surface area contributed by atoms with Gasteiger partial charge in [-0.1, -0.05) is 35.4 Å². The molecule has 24 heavy (non-hydrogen) atoms. The van der Waals surface area contributed by atoms with Gasteiger partial charge < -0.3 is 24.1 Å². The molecule has 9 heteroatoms. The first kappa shape index (κ1) is 18.2. The number of aliphatic hydroxyl groups is 1. The van der Waals surface area contributed by atoms with Gasteiger partial charge in [0.25, 0.3) is 0 Å². The molecule has 0 saturated carbocycles. The third kappa shape index (κ3) is 4.02. The van der Waals surface area contributed by atoms with Crippen molar-refractivity contribution in [1.29, 1.82) is 0 Å². The maximum absolute atomic E-state index is 11.8. The summed E-state index contributed by atoms with van der Waals surface area (Å²) in [6.07, 6.45) is -4.72. The maximum Gasteiger partial charge on any atom is 0.337 e. The van der Waals surface area contributed by atoms with E-state index in [1.165, 1.54) is 14.2 Å². The number of hydrogen-bond acceptors (Lipinski definition) is 7. The molecule has 0 spiro atoms. The molecule has 0 bridgehead atoms. The van der Waals surface area contributed by atoms with Crippen molar-refractivity contribution < 1.29 is 28.8 Å². The van der Waals surface area contributed by atoms with Crippen LogP contribution in [0.4, 0.5) is 0 Å². The molecular weight excluding hydrogens is 318 g/mol. The molecule has 1 heterocycles. The topological polar surface area (TPSA) is 123 Å². The van der Waals surface area contributed by atoms with Crippen molar-refractivity contribution >= 4 is 5.97 Å². The van der Waals surface area contributed by atoms with Crippen LogP contribution in [0.3, 0.4) is 0 Å². The highest BCUT2D eigenvalue weighted by molar-refractivity contribution is 5.75. The molecule has 130 valence electrons. The number of rotatable bonds is 6. The van der Waals surface area contributed by atoms with Gasteiger partial charge in [0, 0.05) is 12.0 Å². The van der Waals surface area contributed by atoms with Gasteiger partial charge in [-0.05, 0) is 11.1 Å². The number of aliphatic hydroxyl groups excluding tert-OH is 1. The molecule has 0 unspecified atom stereocenters. The quantitative estimate of drug-likeness (QED) is 0.359. The summed E-state index contributed by atoms with van der Waals surface area (Å²) >= 11 is 0. The first-order valence-electron chi connectivity index (χ1n) is 7.26. The lowest BCUT2D eigenvalue weighted by molar-refractivity contribution is -0.262. The van der Waals surface area contributed by atoms with Gasteiger partial charge in [0.15, 0.2) is 12.4 Å². The zero-order valence-corrected chi connectivity index (χ0v) is 13.3. The summed E-state index contributed by atoms with van der Waals surface area (Å²) in [5, 5.41) is 14.0. The Morgan fingerprint density at radius 2 is 2.08 bits per heavy atom. The molecule has 0 aromatic heterocycles. The molecule has 1 aliphatic heterocycles. The Bertz CT molecular complexity index is 592. The zero-order chi connectivity index (χ0) is 17.5. The number of ether oxygens (including phenoxy) is 4. The van der Waals surface area contributed by atoms with Gasteiger partial charge in [0.2, 0.25) is 0 Å². The highest BCUT2D eigenvalue weighted by Crippen LogP contribution is 2.28. The Labute approximate surface area is 138 Å². The van der Waals surface area contributed by atoms with Crippen LogP contribution in [0.15, 0.2) is 35.4 Å². The molecule has 5 atom stereocenters. The fourth-order valence-electron chi connectivity index (χ4n) is 2.48. The predicted molar refractivity (Wildman–Crippen MR) is 81.6 cm³/mol. The summed E-state index contributed by atoms with van der Waals surface area (Å²) in [7, 11) is 2.52. The Morgan fingerprint density at radius 3 is 2.67 bits per heavy atom. The summed E-state index contributed by atoms with van der Waals surface area (Å²) in [4.78, 5) is 14.5. The van der Waals surface area contributed by atoms with Crippen molar-refractivity contribution in [3.63, 3.8) is 0 Å². The van der Waals surface area contributed by atoms with Crippen molar-refractivity contribution in [3.8, 4) is 0 Å². The smallest absolute Gasteiger partial charge is 0.337 e. The summed E-state index contributed by atoms with van der Waals surface area (Å²) in [6.45, 7) is 0.157. The standard InChI is InChI=1S/C15H19N3O6/c1-21-14(20)13-11(19)12(10(17-18-16)15(22-2)24-13)23-8-9-6-4-3-5-7-9/h3-7,10-13,15,19H,8H2,1-2H3/t10-,11-,12+,13-,15-/m0/s1. The number of carbonyl (C=O) groups is 1. The van der Waals surface area contributed by atoms with Gasteiger partial charge in [0.1, 0.15) is 18.2 Å². The molecule has 2 rings (SSSR count). The maximum atomic E-state index is 11.8. The molecule has 0 amide bonds. The number of carbonyl (C=O) groups excluding carboxylic acids is 1. The second kappa shape index (κ2) is 8.62. The molecule has 1 aromatic rings. The van der Waals surface area contributed by atoms with Crippen molar-refractivity contribution in [3.05, 3.63) is 46.3 Å². The normalized spacial score (nSPS) is 29.5. The Balaban J connectivity index is 2.22. The predicted octanol–water partition coefficient (Wildman–Crippen LogP) is 1.16. The fourth-order valence-corrected chi connectivity index (χ4v) is 2.48. The van der Waals surface area contributed by atoms with Crippen LogP contribution < -0.4 is 0 Å². The first-order valence-corrected chi connectivity index (χ1v) is 7.26. The molecule has 1 saturated heterocycles. The van der Waals surface area contributed by atoms with Crippen LogP contribution in [0.5, 0.6) is 0 Å². The third-order valence-corrected chi connectivity index (χ3v) is 3.68. The van der Waals surface area contributed by atoms with E-state index >= 15 is 0 Å². The van der Waals surface area contributed by atoms with E-state index in [1.807, 2.05) is 30.3 Å². The molecule has 1 fully saturated rings. The summed E-state index contributed by atoms with van der Waals surface area (Å²) in [5.74, 6) is -0.766. The minimum Gasteiger partial charge on any atom is -0.467 e. The van der Waals surface area contributed by atoms with Crippen LogP contribution in [0.25, 0.3) is 10.4 Å². The lowest BCUT2D eigenvalue weighted by Crippen LogP contribution is -2.60. The Kier molecular flexibility index (Phi) is 6.53. The molecule has 9 nitrogen and oxygen atoms in total. The second-order valence-electron chi connectivity index (χ2n) is 5.13. The van der Waals surface area contributed by atoms with Crippen molar-refractivity contribution in [2.75, 3.05) is 14.2 Å². The van der Waals surface area contributed by atoms with E-state index in [4.69, 9.17) is 19.7 Å². The zero-order valence-electron chi connectivity index (χ0n) is 13.3. The van der Waals surface area contributed by atoms with Crippen LogP contribution in [0.2, 0.25) is 0 Å². The van der Waals surface area contributed by atoms with Gasteiger partial charge in [-0.3, -0.25) is 0 Å². The Morgan fingerprint density at radius 1 is 1.38 bits per heavy atom. The third-order valence-electron chi connectivity index (χ3n) is 3.68. The van der Waals surface area contributed by atoms with Crippen molar-refractivity contribution in [2.24, 2.45) is 5.11 Å². The average Bonchev–Trinajstić information content (AvgIpc) is 2.62. The lowest BCUT2D eigenvalue weighted by atomic mass is 9.97. The van der Waals surface area contributed by atoms with E-state index in [2.05, 4.69) is 14.8 Å². The fraction of sp³-hybridized carbons (Fsp3) is 0.533. The number of benzene rings is 1. The largest absolute Gasteiger partial charge is 0.467 e. The van der Waals surface area contributed by atoms with E-state index in [0.29, 0.717) is 0 Å². The van der Waals surface area contributed by atoms with E-state index < -0.39 is 36.6 Å². The number of hydrogen-bond donors (Lipinski definition) is 1. The van der Waals surface area contributed by atoms with E-state index in [1.54, 1.807) is 0 Å². The van der Waals surface area contributed by atoms with E-state index in [0.717, 1.165) is 5.56 Å². The first-order chi connectivity index (χ1) is 11.6. The minimum absolute atomic E-state index is 0.157. The molecule has 1 aliphatic rings. The van der Waals surface area contributed by atoms with Gasteiger partial charge in [-0.2, -0.15) is 0 Å². The minimum atomic E-state index is -1.37. The van der Waals surface area contributed by atoms with E-state index in [-0.39, 0.29) is 6.61 Å². The van der Waals surface area contributed by atoms with Crippen LogP contribution in [-0.2, 0) is 30.3 Å². The molecule has 1 N–H and O–H groups in total. The van der Waals surface area contributed by atoms with Gasteiger partial charge in [-0.15, -0.1) is 0 Å². The lowest BCUT2D eigenvalue weighted by Gasteiger charge is -2.41. The SMILES string of the molecule is COC(=O)[C@H]1O[C@H](OC)[C@@H](N=[N+]=[N-])[C@@H](OCc2ccccc2)[C@@H]1O. The number of nitrogens with zero attached hydrogens (tertiary/aromatic N) is 3. The van der Waals surface area contributed by atoms with E-state index in [9.17, 15) is 9.90 Å². The highest BCUT2D eigenvalue weighted by atomic mass is 16.7. The summed E-state index contributed by atoms with van der Waals surface area (Å²) in [5.41, 5.74) is 9.62. The van der Waals surface area contributed by atoms with Gasteiger partial charge in [-0.25, -0.2) is 4.79 Å². The van der Waals surface area contributed by atoms with Crippen molar-refractivity contribution in [2.45, 2.75) is 37.3 Å². The summed E-state index contributed by atoms with van der Waals surface area (Å²) in [6, 6.07) is 8.29. The van der Waals surface area contributed by atoms with Crippen LogP contribution >= 0.6 is 0 Å². The van der Waals surface area contributed by atoms with Crippen LogP contribution in [0, 0.1) is 0 Å². The monoisotopic (exact) mass is 337 g/mol. The van der Waals surface area contributed by atoms with Gasteiger partial charge >= 0.3 is 5.97 Å². The average molecular weight is 337 g/mol. The van der Waals surface area contributed by atoms with Gasteiger partial charge in [0.05, 0.1) is 13.7 Å². The van der Waals surface area contributed by atoms with Crippen LogP contribution in [0.1, 0.15) is 5.56 Å². The van der Waals surface area contributed by atoms with Crippen molar-refractivity contribution in [1.82, 2.24) is 0 Å². The molecular formula is C15H19N3O6. The molecule has 0 radical (unpaired) electrons. The number of azide groups is 1. The molecule has 1 aromatic carbocycles. The van der Waals surface area contributed by atoms with Crippen LogP contribution in [-0.4, -0.2) is 55.9 Å². The highest BCUT2D eigenvalue weighted by Gasteiger charge is 2.49.